The summed E-state index contributed by atoms with van der Waals surface area (Å²) in [6.07, 6.45) is 2.77. The van der Waals surface area contributed by atoms with E-state index in [4.69, 9.17) is 21.1 Å². The van der Waals surface area contributed by atoms with Crippen LogP contribution in [0.25, 0.3) is 17.1 Å². The molecule has 2 aromatic carbocycles. The van der Waals surface area contributed by atoms with E-state index in [1.807, 2.05) is 33.7 Å². The fraction of sp³-hybridized carbons (Fsp3) is 0.423. The number of carbonyl (C=O) groups is 1. The molecule has 184 valence electrons. The van der Waals surface area contributed by atoms with Gasteiger partial charge in [0.1, 0.15) is 0 Å². The standard InChI is InChI=1S/C26H29ClN4O3S/c1-19-7-9-20(10-8-19)24-28-29-25(31(24)22-5-2-4-21(27)18-22)35-17-3-6-23(32)30-13-11-26(12-14-30)33-15-16-34-26/h2,4-5,7-10,18H,3,6,11-17H2,1H3. The van der Waals surface area contributed by atoms with E-state index < -0.39 is 5.79 Å². The van der Waals surface area contributed by atoms with Crippen LogP contribution in [0.2, 0.25) is 5.02 Å². The summed E-state index contributed by atoms with van der Waals surface area (Å²) < 4.78 is 13.6. The van der Waals surface area contributed by atoms with Gasteiger partial charge in [0.2, 0.25) is 5.91 Å². The maximum absolute atomic E-state index is 12.7. The number of likely N-dealkylation sites (tertiary alicyclic amines) is 1. The second-order valence-corrected chi connectivity index (χ2v) is 10.4. The molecule has 0 N–H and O–H groups in total. The molecular formula is C26H29ClN4O3S. The monoisotopic (exact) mass is 512 g/mol. The Balaban J connectivity index is 1.22. The average Bonchev–Trinajstić information content (AvgIpc) is 3.50. The van der Waals surface area contributed by atoms with Crippen LogP contribution >= 0.6 is 23.4 Å². The van der Waals surface area contributed by atoms with Crippen molar-refractivity contribution < 1.29 is 14.3 Å². The number of benzene rings is 2. The highest BCUT2D eigenvalue weighted by Crippen LogP contribution is 2.32. The first-order valence-electron chi connectivity index (χ1n) is 12.0. The molecule has 2 aliphatic rings. The van der Waals surface area contributed by atoms with Gasteiger partial charge < -0.3 is 14.4 Å². The van der Waals surface area contributed by atoms with Crippen molar-refractivity contribution in [3.63, 3.8) is 0 Å². The van der Waals surface area contributed by atoms with Crippen LogP contribution < -0.4 is 0 Å². The Morgan fingerprint density at radius 1 is 1.09 bits per heavy atom. The van der Waals surface area contributed by atoms with Crippen molar-refractivity contribution in [2.24, 2.45) is 0 Å². The zero-order valence-electron chi connectivity index (χ0n) is 19.8. The summed E-state index contributed by atoms with van der Waals surface area (Å²) in [5, 5.41) is 10.4. The van der Waals surface area contributed by atoms with E-state index in [0.29, 0.717) is 37.7 Å². The first-order valence-corrected chi connectivity index (χ1v) is 13.4. The summed E-state index contributed by atoms with van der Waals surface area (Å²) in [4.78, 5) is 14.7. The minimum Gasteiger partial charge on any atom is -0.347 e. The van der Waals surface area contributed by atoms with E-state index in [2.05, 4.69) is 41.4 Å². The van der Waals surface area contributed by atoms with Gasteiger partial charge in [-0.3, -0.25) is 9.36 Å². The van der Waals surface area contributed by atoms with E-state index in [9.17, 15) is 4.79 Å². The Labute approximate surface area is 214 Å². The molecule has 0 atom stereocenters. The lowest BCUT2D eigenvalue weighted by atomic mass is 10.0. The quantitative estimate of drug-likeness (QED) is 0.323. The molecule has 3 heterocycles. The SMILES string of the molecule is Cc1ccc(-c2nnc(SCCCC(=O)N3CCC4(CC3)OCCO4)n2-c2cccc(Cl)c2)cc1. The van der Waals surface area contributed by atoms with Crippen LogP contribution in [0.1, 0.15) is 31.2 Å². The minimum atomic E-state index is -0.452. The molecule has 0 bridgehead atoms. The van der Waals surface area contributed by atoms with Crippen molar-refractivity contribution >= 4 is 29.3 Å². The molecule has 2 fully saturated rings. The molecule has 1 amide bonds. The van der Waals surface area contributed by atoms with Crippen LogP contribution in [0.4, 0.5) is 0 Å². The molecule has 0 unspecified atom stereocenters. The van der Waals surface area contributed by atoms with Gasteiger partial charge in [-0.2, -0.15) is 0 Å². The number of nitrogens with zero attached hydrogens (tertiary/aromatic N) is 4. The highest BCUT2D eigenvalue weighted by molar-refractivity contribution is 7.99. The lowest BCUT2D eigenvalue weighted by molar-refractivity contribution is -0.187. The van der Waals surface area contributed by atoms with Crippen LogP contribution in [-0.4, -0.2) is 63.4 Å². The van der Waals surface area contributed by atoms with Gasteiger partial charge in [0.25, 0.3) is 0 Å². The van der Waals surface area contributed by atoms with Crippen molar-refractivity contribution in [2.45, 2.75) is 43.6 Å². The summed E-state index contributed by atoms with van der Waals surface area (Å²) in [6, 6.07) is 15.9. The Morgan fingerprint density at radius 3 is 2.54 bits per heavy atom. The number of carbonyl (C=O) groups excluding carboxylic acids is 1. The molecule has 3 aromatic rings. The number of ether oxygens (including phenoxy) is 2. The van der Waals surface area contributed by atoms with E-state index >= 15 is 0 Å². The van der Waals surface area contributed by atoms with Crippen LogP contribution in [0.3, 0.4) is 0 Å². The first-order chi connectivity index (χ1) is 17.0. The number of amides is 1. The van der Waals surface area contributed by atoms with Gasteiger partial charge in [0, 0.05) is 48.7 Å². The summed E-state index contributed by atoms with van der Waals surface area (Å²) >= 11 is 7.90. The fourth-order valence-electron chi connectivity index (χ4n) is 4.53. The number of hydrogen-bond donors (Lipinski definition) is 0. The van der Waals surface area contributed by atoms with Crippen molar-refractivity contribution in [3.05, 3.63) is 59.1 Å². The van der Waals surface area contributed by atoms with Crippen LogP contribution in [0.15, 0.2) is 53.7 Å². The molecule has 0 saturated carbocycles. The van der Waals surface area contributed by atoms with Gasteiger partial charge >= 0.3 is 0 Å². The van der Waals surface area contributed by atoms with E-state index in [-0.39, 0.29) is 5.91 Å². The third-order valence-corrected chi connectivity index (χ3v) is 7.72. The molecule has 9 heteroatoms. The highest BCUT2D eigenvalue weighted by Gasteiger charge is 2.40. The molecular weight excluding hydrogens is 484 g/mol. The van der Waals surface area contributed by atoms with Crippen LogP contribution in [0, 0.1) is 6.92 Å². The number of piperidine rings is 1. The van der Waals surface area contributed by atoms with E-state index in [0.717, 1.165) is 47.2 Å². The minimum absolute atomic E-state index is 0.190. The molecule has 7 nitrogen and oxygen atoms in total. The number of aryl methyl sites for hydroxylation is 1. The topological polar surface area (TPSA) is 69.5 Å². The third kappa shape index (κ3) is 5.56. The number of thioether (sulfide) groups is 1. The summed E-state index contributed by atoms with van der Waals surface area (Å²) in [7, 11) is 0. The van der Waals surface area contributed by atoms with Crippen molar-refractivity contribution in [1.29, 1.82) is 0 Å². The van der Waals surface area contributed by atoms with E-state index in [1.165, 1.54) is 5.56 Å². The average molecular weight is 513 g/mol. The van der Waals surface area contributed by atoms with Gasteiger partial charge in [-0.25, -0.2) is 0 Å². The summed E-state index contributed by atoms with van der Waals surface area (Å²) in [5.74, 6) is 1.27. The fourth-order valence-corrected chi connectivity index (χ4v) is 5.60. The predicted molar refractivity (Wildman–Crippen MR) is 137 cm³/mol. The predicted octanol–water partition coefficient (Wildman–Crippen LogP) is 5.13. The maximum atomic E-state index is 12.7. The Morgan fingerprint density at radius 2 is 1.83 bits per heavy atom. The number of rotatable bonds is 7. The maximum Gasteiger partial charge on any atom is 0.222 e. The number of hydrogen-bond acceptors (Lipinski definition) is 6. The molecule has 2 saturated heterocycles. The van der Waals surface area contributed by atoms with Crippen molar-refractivity contribution in [2.75, 3.05) is 32.1 Å². The van der Waals surface area contributed by atoms with Gasteiger partial charge in [0.05, 0.1) is 18.9 Å². The molecule has 0 aliphatic carbocycles. The lowest BCUT2D eigenvalue weighted by Gasteiger charge is -2.37. The smallest absolute Gasteiger partial charge is 0.222 e. The number of halogens is 1. The largest absolute Gasteiger partial charge is 0.347 e. The Hall–Kier alpha value is -2.39. The first kappa shape index (κ1) is 24.3. The van der Waals surface area contributed by atoms with E-state index in [1.54, 1.807) is 11.8 Å². The Kier molecular flexibility index (Phi) is 7.43. The highest BCUT2D eigenvalue weighted by atomic mass is 35.5. The number of aromatic nitrogens is 3. The van der Waals surface area contributed by atoms with Crippen molar-refractivity contribution in [1.82, 2.24) is 19.7 Å². The van der Waals surface area contributed by atoms with Gasteiger partial charge in [0.15, 0.2) is 16.8 Å². The summed E-state index contributed by atoms with van der Waals surface area (Å²) in [6.45, 7) is 4.74. The molecule has 1 spiro atoms. The molecule has 0 radical (unpaired) electrons. The van der Waals surface area contributed by atoms with Crippen molar-refractivity contribution in [3.8, 4) is 17.1 Å². The lowest BCUT2D eigenvalue weighted by Crippen LogP contribution is -2.47. The summed E-state index contributed by atoms with van der Waals surface area (Å²) in [5.41, 5.74) is 3.09. The Bertz CT molecular complexity index is 1170. The molecule has 5 rings (SSSR count). The molecule has 1 aromatic heterocycles. The van der Waals surface area contributed by atoms with Crippen LogP contribution in [0.5, 0.6) is 0 Å². The third-order valence-electron chi connectivity index (χ3n) is 6.47. The van der Waals surface area contributed by atoms with Crippen LogP contribution in [-0.2, 0) is 14.3 Å². The zero-order chi connectivity index (χ0) is 24.3. The zero-order valence-corrected chi connectivity index (χ0v) is 21.4. The normalized spacial score (nSPS) is 17.3. The van der Waals surface area contributed by atoms with Gasteiger partial charge in [-0.15, -0.1) is 10.2 Å². The second-order valence-electron chi connectivity index (χ2n) is 8.93. The molecule has 2 aliphatic heterocycles. The van der Waals surface area contributed by atoms with Gasteiger partial charge in [-0.05, 0) is 31.5 Å². The second kappa shape index (κ2) is 10.7. The van der Waals surface area contributed by atoms with Gasteiger partial charge in [-0.1, -0.05) is 59.3 Å². The molecule has 35 heavy (non-hydrogen) atoms.